The predicted molar refractivity (Wildman–Crippen MR) is 612 cm³/mol. The van der Waals surface area contributed by atoms with Crippen LogP contribution < -0.4 is 0 Å². The van der Waals surface area contributed by atoms with Crippen molar-refractivity contribution in [1.29, 1.82) is 15.8 Å². The monoisotopic (exact) mass is 1870 g/mol. The van der Waals surface area contributed by atoms with Crippen LogP contribution in [0.1, 0.15) is 16.7 Å². The Hall–Kier alpha value is -20.2. The smallest absolute Gasteiger partial charge is 0.0998 e. The molecule has 0 saturated heterocycles. The number of nitrogens with zero attached hydrogens (tertiary/aromatic N) is 6. The van der Waals surface area contributed by atoms with Gasteiger partial charge in [0, 0.05) is 38.8 Å². The van der Waals surface area contributed by atoms with Gasteiger partial charge in [0.05, 0.1) is 69.1 Å². The van der Waals surface area contributed by atoms with Gasteiger partial charge >= 0.3 is 0 Å². The van der Waals surface area contributed by atoms with Gasteiger partial charge in [-0.1, -0.05) is 455 Å². The fourth-order valence-corrected chi connectivity index (χ4v) is 22.6. The number of rotatable bonds is 15. The van der Waals surface area contributed by atoms with Crippen molar-refractivity contribution in [2.24, 2.45) is 0 Å². The average Bonchev–Trinajstić information content (AvgIpc) is 1.55. The summed E-state index contributed by atoms with van der Waals surface area (Å²) in [4.78, 5) is 15.7. The molecule has 0 spiro atoms. The third-order valence-corrected chi connectivity index (χ3v) is 29.5. The van der Waals surface area contributed by atoms with E-state index < -0.39 is 0 Å². The molecule has 3 aliphatic carbocycles. The second-order valence-electron chi connectivity index (χ2n) is 37.8. The lowest BCUT2D eigenvalue weighted by molar-refractivity contribution is 1.32. The van der Waals surface area contributed by atoms with Crippen LogP contribution in [0, 0.1) is 34.0 Å². The molecule has 3 aliphatic rings. The van der Waals surface area contributed by atoms with Crippen LogP contribution in [0.3, 0.4) is 0 Å². The Bertz CT molecular complexity index is 9490. The second kappa shape index (κ2) is 37.7. The normalized spacial score (nSPS) is 11.4. The van der Waals surface area contributed by atoms with Crippen LogP contribution in [0.15, 0.2) is 522 Å². The lowest BCUT2D eigenvalue weighted by atomic mass is 9.86. The van der Waals surface area contributed by atoms with E-state index in [4.69, 9.17) is 15.0 Å². The first-order valence-corrected chi connectivity index (χ1v) is 50.0. The lowest BCUT2D eigenvalue weighted by Gasteiger charge is -2.18. The van der Waals surface area contributed by atoms with Crippen molar-refractivity contribution in [2.45, 2.75) is 0 Å². The van der Waals surface area contributed by atoms with Crippen molar-refractivity contribution in [3.63, 3.8) is 0 Å². The van der Waals surface area contributed by atoms with Crippen molar-refractivity contribution < 1.29 is 0 Å². The zero-order chi connectivity index (χ0) is 98.7. The van der Waals surface area contributed by atoms with Crippen molar-refractivity contribution in [1.82, 2.24) is 15.0 Å². The summed E-state index contributed by atoms with van der Waals surface area (Å²) in [6.07, 6.45) is 0. The van der Waals surface area contributed by atoms with Crippen LogP contribution >= 0.6 is 0 Å². The van der Waals surface area contributed by atoms with Gasteiger partial charge in [0.15, 0.2) is 0 Å². The molecule has 684 valence electrons. The van der Waals surface area contributed by atoms with E-state index in [1.54, 1.807) is 0 Å². The van der Waals surface area contributed by atoms with E-state index in [0.717, 1.165) is 173 Å². The number of nitriles is 3. The van der Waals surface area contributed by atoms with Gasteiger partial charge in [-0.15, -0.1) is 0 Å². The molecule has 148 heavy (non-hydrogen) atoms. The van der Waals surface area contributed by atoms with Gasteiger partial charge in [-0.05, 0) is 271 Å². The molecule has 0 aliphatic heterocycles. The van der Waals surface area contributed by atoms with E-state index in [0.29, 0.717) is 16.7 Å². The summed E-state index contributed by atoms with van der Waals surface area (Å²) in [5.74, 6) is 0. The molecule has 0 unspecified atom stereocenters. The summed E-state index contributed by atoms with van der Waals surface area (Å²) in [5.41, 5.74) is 49.8. The minimum absolute atomic E-state index is 0.654. The van der Waals surface area contributed by atoms with E-state index in [-0.39, 0.29) is 0 Å². The maximum absolute atomic E-state index is 9.93. The molecule has 22 aromatic carbocycles. The first-order chi connectivity index (χ1) is 73.3. The van der Waals surface area contributed by atoms with Gasteiger partial charge in [0.2, 0.25) is 0 Å². The molecule has 0 bridgehead atoms. The molecule has 3 heterocycles. The largest absolute Gasteiger partial charge is 0.248 e. The highest BCUT2D eigenvalue weighted by Gasteiger charge is 2.31. The first kappa shape index (κ1) is 88.0. The fraction of sp³-hybridized carbons (Fsp3) is 0. The Kier molecular flexibility index (Phi) is 22.4. The van der Waals surface area contributed by atoms with E-state index >= 15 is 0 Å². The molecule has 0 atom stereocenters. The standard InChI is InChI=1S/C52H32N2.C46H28N2.C44H26N2/c53-33-34-19-21-37(22-20-34)42-27-29-47-44-16-8-9-17-45(44)48-30-28-43(51(42)52(47)48)38-25-23-36(24-26-38)41-15-7-10-18-46(41)50-32-40(35-11-3-1-4-12-35)31-49(54-50)39-13-5-2-6-14-39;47-29-30-19-21-32(22-20-30)35-23-24-40-36-15-7-8-16-37(36)41-25-26-42(45(35)46(40)41)38-17-9-10-18-39(38)44-28-34(31-11-3-1-4-12-31)27-43(48-44)33-13-5-2-6-14-33;45-27-30-15-9-19-34-32(30)18-10-20-37(34)38-23-24-40-36-17-8-7-16-35(36)39-22-21-33(43(38)44(39)40)31-25-41(28-11-3-1-4-12-28)46-42(26-31)29-13-5-2-6-14-29/h1-32H;1-28H;1-26H. The molecular weight excluding hydrogens is 1790 g/mol. The van der Waals surface area contributed by atoms with E-state index in [9.17, 15) is 15.8 Å². The average molecular weight is 1880 g/mol. The minimum atomic E-state index is 0.654. The molecule has 6 nitrogen and oxygen atoms in total. The second-order valence-corrected chi connectivity index (χ2v) is 37.8. The van der Waals surface area contributed by atoms with Crippen LogP contribution in [0.4, 0.5) is 0 Å². The molecule has 6 heteroatoms. The summed E-state index contributed by atoms with van der Waals surface area (Å²) < 4.78 is 0. The Morgan fingerprint density at radius 2 is 0.338 bits per heavy atom. The molecule has 0 saturated carbocycles. The number of aromatic nitrogens is 3. The van der Waals surface area contributed by atoms with Crippen molar-refractivity contribution in [2.75, 3.05) is 0 Å². The van der Waals surface area contributed by atoms with E-state index in [1.807, 2.05) is 60.7 Å². The van der Waals surface area contributed by atoms with Crippen molar-refractivity contribution >= 4 is 43.1 Å². The minimum Gasteiger partial charge on any atom is -0.248 e. The van der Waals surface area contributed by atoms with Crippen LogP contribution in [0.5, 0.6) is 0 Å². The van der Waals surface area contributed by atoms with Crippen LogP contribution in [-0.2, 0) is 0 Å². The highest BCUT2D eigenvalue weighted by atomic mass is 14.7. The van der Waals surface area contributed by atoms with Crippen LogP contribution in [0.2, 0.25) is 0 Å². The Morgan fingerprint density at radius 3 is 0.669 bits per heavy atom. The van der Waals surface area contributed by atoms with Gasteiger partial charge in [-0.2, -0.15) is 15.8 Å². The van der Waals surface area contributed by atoms with Crippen molar-refractivity contribution in [3.05, 3.63) is 538 Å². The van der Waals surface area contributed by atoms with Gasteiger partial charge in [-0.25, -0.2) is 15.0 Å². The number of fused-ring (bicyclic) bond motifs is 10. The van der Waals surface area contributed by atoms with Gasteiger partial charge < -0.3 is 0 Å². The van der Waals surface area contributed by atoms with Crippen LogP contribution in [-0.4, -0.2) is 15.0 Å². The Morgan fingerprint density at radius 1 is 0.122 bits per heavy atom. The zero-order valence-electron chi connectivity index (χ0n) is 80.3. The number of hydrogen-bond acceptors (Lipinski definition) is 6. The molecule has 0 amide bonds. The predicted octanol–water partition coefficient (Wildman–Crippen LogP) is 37.4. The highest BCUT2D eigenvalue weighted by Crippen LogP contribution is 2.58. The summed E-state index contributed by atoms with van der Waals surface area (Å²) >= 11 is 0. The van der Waals surface area contributed by atoms with Gasteiger partial charge in [0.1, 0.15) is 0 Å². The third kappa shape index (κ3) is 15.7. The Labute approximate surface area is 858 Å². The molecule has 0 fully saturated rings. The number of pyridine rings is 3. The first-order valence-electron chi connectivity index (χ1n) is 50.0. The summed E-state index contributed by atoms with van der Waals surface area (Å²) in [6, 6.07) is 191. The fourth-order valence-electron chi connectivity index (χ4n) is 22.6. The molecule has 3 aromatic heterocycles. The topological polar surface area (TPSA) is 110 Å². The summed E-state index contributed by atoms with van der Waals surface area (Å²) in [5, 5.41) is 38.4. The zero-order valence-corrected chi connectivity index (χ0v) is 80.3. The Balaban J connectivity index is 0.000000113. The molecule has 28 rings (SSSR count). The highest BCUT2D eigenvalue weighted by molar-refractivity contribution is 6.27. The summed E-state index contributed by atoms with van der Waals surface area (Å²) in [7, 11) is 0. The molecule has 0 N–H and O–H groups in total. The van der Waals surface area contributed by atoms with Gasteiger partial charge in [0.25, 0.3) is 0 Å². The molecule has 0 radical (unpaired) electrons. The maximum atomic E-state index is 9.93. The molecular formula is C142H86N6. The molecule has 25 aromatic rings. The van der Waals surface area contributed by atoms with E-state index in [1.165, 1.54) is 105 Å². The quantitative estimate of drug-likeness (QED) is 0.101. The number of benzene rings is 22. The number of hydrogen-bond donors (Lipinski definition) is 0. The third-order valence-electron chi connectivity index (χ3n) is 29.5. The van der Waals surface area contributed by atoms with Crippen molar-refractivity contribution in [3.8, 4) is 253 Å². The van der Waals surface area contributed by atoms with E-state index in [2.05, 4.69) is 479 Å². The maximum Gasteiger partial charge on any atom is 0.0998 e. The van der Waals surface area contributed by atoms with Crippen LogP contribution in [0.25, 0.3) is 278 Å². The summed E-state index contributed by atoms with van der Waals surface area (Å²) in [6.45, 7) is 0. The van der Waals surface area contributed by atoms with Gasteiger partial charge in [-0.3, -0.25) is 0 Å². The lowest BCUT2D eigenvalue weighted by Crippen LogP contribution is -1.94. The SMILES string of the molecule is N#Cc1ccc(-c2ccc3c4c(ccc(-c5ccc(-c6ccccc6-c6cc(-c7ccccc7)cc(-c7ccccc7)n6)cc5)c24)-c2ccccc2-3)cc1.N#Cc1ccc(-c2ccc3c4c(ccc(-c5ccccc5-c5cc(-c6ccccc6)cc(-c6ccccc6)n5)c24)-c2ccccc2-3)cc1.N#Cc1cccc2c(-c3ccc4c5c(ccc(-c6cc(-c7ccccc7)nc(-c7ccccc7)c6)c35)-c3ccccc3-4)cccc12.